The molecule has 0 bridgehead atoms. The molecule has 4 heteroatoms. The smallest absolute Gasteiger partial charge is 0.320 e. The van der Waals surface area contributed by atoms with Gasteiger partial charge in [0, 0.05) is 4.47 Å². The summed E-state index contributed by atoms with van der Waals surface area (Å²) in [6.45, 7) is 3.85. The Labute approximate surface area is 163 Å². The summed E-state index contributed by atoms with van der Waals surface area (Å²) in [5, 5.41) is 0. The van der Waals surface area contributed by atoms with E-state index in [0.29, 0.717) is 12.8 Å². The third-order valence-corrected chi connectivity index (χ3v) is 4.92. The van der Waals surface area contributed by atoms with Crippen molar-refractivity contribution < 1.29 is 14.3 Å². The van der Waals surface area contributed by atoms with Gasteiger partial charge in [-0.1, -0.05) is 71.4 Å². The molecule has 0 aliphatic heterocycles. The first-order valence-corrected chi connectivity index (χ1v) is 9.50. The molecule has 26 heavy (non-hydrogen) atoms. The van der Waals surface area contributed by atoms with E-state index in [1.807, 2.05) is 61.5 Å². The third-order valence-electron chi connectivity index (χ3n) is 4.39. The summed E-state index contributed by atoms with van der Waals surface area (Å²) in [6.07, 6.45) is 3.94. The average Bonchev–Trinajstić information content (AvgIpc) is 2.66. The number of hydrogen-bond acceptors (Lipinski definition) is 3. The molecule has 0 radical (unpaired) electrons. The highest BCUT2D eigenvalue weighted by atomic mass is 79.9. The number of carbonyl (C=O) groups is 2. The Bertz CT molecular complexity index is 766. The zero-order valence-electron chi connectivity index (χ0n) is 15.1. The van der Waals surface area contributed by atoms with Gasteiger partial charge >= 0.3 is 5.97 Å². The van der Waals surface area contributed by atoms with E-state index in [1.165, 1.54) is 6.08 Å². The van der Waals surface area contributed by atoms with E-state index in [0.717, 1.165) is 15.6 Å². The van der Waals surface area contributed by atoms with Crippen molar-refractivity contribution in [3.05, 3.63) is 76.3 Å². The van der Waals surface area contributed by atoms with Crippen LogP contribution in [0.5, 0.6) is 0 Å². The van der Waals surface area contributed by atoms with Crippen molar-refractivity contribution in [3.63, 3.8) is 0 Å². The van der Waals surface area contributed by atoms with Crippen LogP contribution in [0.2, 0.25) is 0 Å². The van der Waals surface area contributed by atoms with Crippen molar-refractivity contribution in [2.75, 3.05) is 6.61 Å². The Kier molecular flexibility index (Phi) is 7.34. The van der Waals surface area contributed by atoms with E-state index in [1.54, 1.807) is 13.0 Å². The lowest BCUT2D eigenvalue weighted by molar-refractivity contribution is -0.159. The molecule has 2 aromatic carbocycles. The number of allylic oxidation sites excluding steroid dienone is 1. The van der Waals surface area contributed by atoms with E-state index < -0.39 is 11.4 Å². The first-order valence-electron chi connectivity index (χ1n) is 8.71. The van der Waals surface area contributed by atoms with Crippen LogP contribution < -0.4 is 0 Å². The average molecular weight is 415 g/mol. The molecule has 0 saturated carbocycles. The van der Waals surface area contributed by atoms with E-state index in [2.05, 4.69) is 15.9 Å². The van der Waals surface area contributed by atoms with E-state index in [9.17, 15) is 9.59 Å². The normalized spacial score (nSPS) is 13.3. The van der Waals surface area contributed by atoms with Crippen molar-refractivity contribution in [1.29, 1.82) is 0 Å². The van der Waals surface area contributed by atoms with E-state index >= 15 is 0 Å². The highest BCUT2D eigenvalue weighted by Crippen LogP contribution is 2.31. The molecule has 0 N–H and O–H groups in total. The van der Waals surface area contributed by atoms with Gasteiger partial charge in [0.05, 0.1) is 6.61 Å². The van der Waals surface area contributed by atoms with Crippen molar-refractivity contribution in [3.8, 4) is 0 Å². The molecular formula is C22H23BrO3. The number of ketones is 1. The van der Waals surface area contributed by atoms with Gasteiger partial charge in [-0.15, -0.1) is 0 Å². The molecule has 0 spiro atoms. The molecule has 0 aliphatic rings. The Hall–Kier alpha value is -2.20. The van der Waals surface area contributed by atoms with Crippen molar-refractivity contribution in [2.24, 2.45) is 5.41 Å². The van der Waals surface area contributed by atoms with Gasteiger partial charge in [0.25, 0.3) is 0 Å². The number of carbonyl (C=O) groups excluding carboxylic acids is 2. The number of benzene rings is 2. The summed E-state index contributed by atoms with van der Waals surface area (Å²) >= 11 is 3.39. The fourth-order valence-electron chi connectivity index (χ4n) is 2.82. The van der Waals surface area contributed by atoms with E-state index in [4.69, 9.17) is 4.74 Å². The van der Waals surface area contributed by atoms with Gasteiger partial charge in [-0.2, -0.15) is 0 Å². The number of rotatable bonds is 8. The zero-order valence-corrected chi connectivity index (χ0v) is 16.7. The Balaban J connectivity index is 2.33. The maximum absolute atomic E-state index is 13.1. The Morgan fingerprint density at radius 1 is 1.04 bits per heavy atom. The topological polar surface area (TPSA) is 43.4 Å². The number of ether oxygens (including phenoxy) is 1. The molecule has 3 nitrogen and oxygen atoms in total. The van der Waals surface area contributed by atoms with Crippen LogP contribution in [0.4, 0.5) is 0 Å². The molecule has 1 atom stereocenters. The molecule has 0 amide bonds. The minimum Gasteiger partial charge on any atom is -0.465 e. The monoisotopic (exact) mass is 414 g/mol. The van der Waals surface area contributed by atoms with Crippen LogP contribution in [0.15, 0.2) is 65.1 Å². The molecule has 1 unspecified atom stereocenters. The largest absolute Gasteiger partial charge is 0.465 e. The summed E-state index contributed by atoms with van der Waals surface area (Å²) in [4.78, 5) is 25.8. The maximum atomic E-state index is 13.1. The number of hydrogen-bond donors (Lipinski definition) is 0. The SMILES string of the molecule is CCOC(=O)C(CC)(Cc1ccccc1)C(=O)C=Cc1ccc(Br)cc1. The van der Waals surface area contributed by atoms with Gasteiger partial charge in [-0.25, -0.2) is 0 Å². The first kappa shape index (κ1) is 20.1. The highest BCUT2D eigenvalue weighted by molar-refractivity contribution is 9.10. The summed E-state index contributed by atoms with van der Waals surface area (Å²) in [6, 6.07) is 17.2. The standard InChI is InChI=1S/C22H23BrO3/c1-3-22(21(25)26-4-2,16-18-8-6-5-7-9-18)20(24)15-12-17-10-13-19(23)14-11-17/h5-15H,3-4,16H2,1-2H3. The second-order valence-electron chi connectivity index (χ2n) is 6.07. The van der Waals surface area contributed by atoms with Gasteiger partial charge in [-0.05, 0) is 49.1 Å². The van der Waals surface area contributed by atoms with Gasteiger partial charge in [-0.3, -0.25) is 9.59 Å². The Morgan fingerprint density at radius 2 is 1.69 bits per heavy atom. The minimum atomic E-state index is -1.21. The molecule has 0 aromatic heterocycles. The molecule has 0 aliphatic carbocycles. The summed E-state index contributed by atoms with van der Waals surface area (Å²) in [5.74, 6) is -0.693. The molecule has 2 aromatic rings. The van der Waals surface area contributed by atoms with Crippen molar-refractivity contribution in [1.82, 2.24) is 0 Å². The van der Waals surface area contributed by atoms with Crippen LogP contribution in [0.3, 0.4) is 0 Å². The molecule has 0 fully saturated rings. The van der Waals surface area contributed by atoms with Gasteiger partial charge in [0.15, 0.2) is 5.78 Å². The molecule has 136 valence electrons. The summed E-state index contributed by atoms with van der Waals surface area (Å²) < 4.78 is 6.23. The fraction of sp³-hybridized carbons (Fsp3) is 0.273. The van der Waals surface area contributed by atoms with Crippen molar-refractivity contribution in [2.45, 2.75) is 26.7 Å². The van der Waals surface area contributed by atoms with Gasteiger partial charge in [0.1, 0.15) is 5.41 Å². The molecular weight excluding hydrogens is 392 g/mol. The van der Waals surface area contributed by atoms with Crippen LogP contribution >= 0.6 is 15.9 Å². The third kappa shape index (κ3) is 4.92. The summed E-state index contributed by atoms with van der Waals surface area (Å²) in [5.41, 5.74) is 0.631. The van der Waals surface area contributed by atoms with E-state index in [-0.39, 0.29) is 12.4 Å². The lowest BCUT2D eigenvalue weighted by Gasteiger charge is -2.28. The van der Waals surface area contributed by atoms with Crippen LogP contribution in [0.25, 0.3) is 6.08 Å². The van der Waals surface area contributed by atoms with Crippen molar-refractivity contribution >= 4 is 33.8 Å². The molecule has 2 rings (SSSR count). The van der Waals surface area contributed by atoms with Crippen LogP contribution in [-0.4, -0.2) is 18.4 Å². The minimum absolute atomic E-state index is 0.231. The number of halogens is 1. The lowest BCUT2D eigenvalue weighted by Crippen LogP contribution is -2.41. The van der Waals surface area contributed by atoms with Crippen LogP contribution in [0.1, 0.15) is 31.4 Å². The quantitative estimate of drug-likeness (QED) is 0.337. The number of esters is 1. The predicted octanol–water partition coefficient (Wildman–Crippen LogP) is 5.23. The second-order valence-corrected chi connectivity index (χ2v) is 6.98. The zero-order chi connectivity index (χ0) is 19.0. The van der Waals surface area contributed by atoms with Crippen LogP contribution in [-0.2, 0) is 20.7 Å². The van der Waals surface area contributed by atoms with Crippen LogP contribution in [0, 0.1) is 5.41 Å². The Morgan fingerprint density at radius 3 is 2.27 bits per heavy atom. The maximum Gasteiger partial charge on any atom is 0.320 e. The fourth-order valence-corrected chi connectivity index (χ4v) is 3.09. The lowest BCUT2D eigenvalue weighted by atomic mass is 9.75. The van der Waals surface area contributed by atoms with Gasteiger partial charge in [0.2, 0.25) is 0 Å². The summed E-state index contributed by atoms with van der Waals surface area (Å²) in [7, 11) is 0. The molecule has 0 heterocycles. The molecule has 0 saturated heterocycles. The second kappa shape index (κ2) is 9.48. The highest BCUT2D eigenvalue weighted by Gasteiger charge is 2.44. The van der Waals surface area contributed by atoms with Gasteiger partial charge < -0.3 is 4.74 Å². The predicted molar refractivity (Wildman–Crippen MR) is 108 cm³/mol. The first-order chi connectivity index (χ1) is 12.5.